The van der Waals surface area contributed by atoms with Crippen LogP contribution in [0.3, 0.4) is 0 Å². The molecule has 0 aromatic heterocycles. The largest absolute Gasteiger partial charge is 0.507 e. The third-order valence-electron chi connectivity index (χ3n) is 2.49. The molecule has 0 radical (unpaired) electrons. The monoisotopic (exact) mass is 296 g/mol. The first kappa shape index (κ1) is 16.4. The van der Waals surface area contributed by atoms with Gasteiger partial charge in [0.05, 0.1) is 7.11 Å². The molecule has 8 heteroatoms. The molecular weight excluding hydrogens is 280 g/mol. The highest BCUT2D eigenvalue weighted by Crippen LogP contribution is 2.22. The molecule has 1 aromatic carbocycles. The number of aliphatic hydroxyl groups excluding tert-OH is 1. The number of aliphatic hydroxyl groups is 1. The first-order chi connectivity index (χ1) is 9.99. The number of benzene rings is 1. The van der Waals surface area contributed by atoms with Crippen molar-refractivity contribution in [2.75, 3.05) is 25.6 Å². The van der Waals surface area contributed by atoms with Gasteiger partial charge in [-0.05, 0) is 24.6 Å². The number of rotatable bonds is 5. The molecule has 21 heavy (non-hydrogen) atoms. The first-order valence-corrected chi connectivity index (χ1v) is 6.11. The number of ether oxygens (including phenoxy) is 1. The molecule has 0 aliphatic carbocycles. The number of carbonyl (C=O) groups excluding carboxylic acids is 3. The number of carbonyl (C=O) groups is 3. The third kappa shape index (κ3) is 4.77. The van der Waals surface area contributed by atoms with Crippen molar-refractivity contribution in [2.24, 2.45) is 0 Å². The number of anilines is 1. The Morgan fingerprint density at radius 2 is 1.95 bits per heavy atom. The van der Waals surface area contributed by atoms with Gasteiger partial charge in [0.25, 0.3) is 0 Å². The van der Waals surface area contributed by atoms with E-state index in [1.165, 1.54) is 18.2 Å². The van der Waals surface area contributed by atoms with Crippen LogP contribution in [0, 0.1) is 0 Å². The van der Waals surface area contributed by atoms with Crippen molar-refractivity contribution in [1.82, 2.24) is 5.32 Å². The molecule has 0 bridgehead atoms. The average Bonchev–Trinajstić information content (AvgIpc) is 2.48. The molecule has 0 spiro atoms. The second kappa shape index (κ2) is 7.85. The van der Waals surface area contributed by atoms with Crippen molar-refractivity contribution >= 4 is 23.5 Å². The van der Waals surface area contributed by atoms with Gasteiger partial charge in [0.15, 0.2) is 0 Å². The van der Waals surface area contributed by atoms with Crippen LogP contribution in [0.4, 0.5) is 5.69 Å². The molecule has 0 aliphatic heterocycles. The lowest BCUT2D eigenvalue weighted by Crippen LogP contribution is -2.36. The van der Waals surface area contributed by atoms with Gasteiger partial charge < -0.3 is 25.6 Å². The zero-order valence-electron chi connectivity index (χ0n) is 11.4. The standard InChI is InChI=1S/C13H16N2O6/c1-21-13(20)9-7-8(3-4-10(9)17)15-12(19)11(18)14-5-2-6-16/h3-4,7,16-17H,2,5-6H2,1H3,(H,14,18)(H,15,19). The van der Waals surface area contributed by atoms with Crippen molar-refractivity contribution in [3.8, 4) is 5.75 Å². The van der Waals surface area contributed by atoms with E-state index in [0.717, 1.165) is 7.11 Å². The Kier molecular flexibility index (Phi) is 6.15. The maximum absolute atomic E-state index is 11.6. The SMILES string of the molecule is COC(=O)c1cc(NC(=O)C(=O)NCCCO)ccc1O. The Balaban J connectivity index is 2.72. The number of hydrogen-bond acceptors (Lipinski definition) is 6. The van der Waals surface area contributed by atoms with E-state index in [9.17, 15) is 19.5 Å². The Labute approximate surface area is 120 Å². The second-order valence-electron chi connectivity index (χ2n) is 4.01. The lowest BCUT2D eigenvalue weighted by Gasteiger charge is -2.08. The quantitative estimate of drug-likeness (QED) is 0.254. The van der Waals surface area contributed by atoms with Gasteiger partial charge in [-0.25, -0.2) is 4.79 Å². The Morgan fingerprint density at radius 3 is 2.57 bits per heavy atom. The molecule has 4 N–H and O–H groups in total. The smallest absolute Gasteiger partial charge is 0.341 e. The summed E-state index contributed by atoms with van der Waals surface area (Å²) < 4.78 is 4.48. The molecule has 0 saturated heterocycles. The van der Waals surface area contributed by atoms with Gasteiger partial charge in [-0.15, -0.1) is 0 Å². The van der Waals surface area contributed by atoms with Crippen LogP contribution in [0.25, 0.3) is 0 Å². The molecule has 0 unspecified atom stereocenters. The normalized spacial score (nSPS) is 9.81. The highest BCUT2D eigenvalue weighted by atomic mass is 16.5. The molecule has 8 nitrogen and oxygen atoms in total. The number of phenolic OH excluding ortho intramolecular Hbond substituents is 1. The molecule has 1 rings (SSSR count). The molecule has 0 heterocycles. The summed E-state index contributed by atoms with van der Waals surface area (Å²) in [5.74, 6) is -2.85. The van der Waals surface area contributed by atoms with Gasteiger partial charge >= 0.3 is 17.8 Å². The molecule has 0 fully saturated rings. The summed E-state index contributed by atoms with van der Waals surface area (Å²) >= 11 is 0. The van der Waals surface area contributed by atoms with Crippen LogP contribution in [-0.2, 0) is 14.3 Å². The summed E-state index contributed by atoms with van der Waals surface area (Å²) in [6, 6.07) is 3.73. The Hall–Kier alpha value is -2.61. The maximum Gasteiger partial charge on any atom is 0.341 e. The summed E-state index contributed by atoms with van der Waals surface area (Å²) in [5, 5.41) is 22.7. The van der Waals surface area contributed by atoms with Crippen LogP contribution in [-0.4, -0.2) is 48.3 Å². The van der Waals surface area contributed by atoms with Crippen molar-refractivity contribution in [1.29, 1.82) is 0 Å². The zero-order valence-corrected chi connectivity index (χ0v) is 11.4. The van der Waals surface area contributed by atoms with Crippen LogP contribution < -0.4 is 10.6 Å². The van der Waals surface area contributed by atoms with Crippen molar-refractivity contribution in [2.45, 2.75) is 6.42 Å². The summed E-state index contributed by atoms with van der Waals surface area (Å²) in [4.78, 5) is 34.4. The minimum absolute atomic E-state index is 0.0949. The van der Waals surface area contributed by atoms with Crippen LogP contribution in [0.15, 0.2) is 18.2 Å². The minimum atomic E-state index is -0.922. The van der Waals surface area contributed by atoms with E-state index < -0.39 is 17.8 Å². The van der Waals surface area contributed by atoms with Crippen LogP contribution >= 0.6 is 0 Å². The molecule has 0 atom stereocenters. The lowest BCUT2D eigenvalue weighted by atomic mass is 10.1. The van der Waals surface area contributed by atoms with E-state index >= 15 is 0 Å². The topological polar surface area (TPSA) is 125 Å². The molecule has 0 aliphatic rings. The fraction of sp³-hybridized carbons (Fsp3) is 0.308. The first-order valence-electron chi connectivity index (χ1n) is 6.11. The number of nitrogens with one attached hydrogen (secondary N) is 2. The van der Waals surface area contributed by atoms with E-state index in [2.05, 4.69) is 15.4 Å². The van der Waals surface area contributed by atoms with E-state index in [0.29, 0.717) is 6.42 Å². The van der Waals surface area contributed by atoms with Crippen LogP contribution in [0.5, 0.6) is 5.75 Å². The zero-order chi connectivity index (χ0) is 15.8. The van der Waals surface area contributed by atoms with Crippen LogP contribution in [0.1, 0.15) is 16.8 Å². The van der Waals surface area contributed by atoms with Gasteiger partial charge in [0, 0.05) is 18.8 Å². The number of methoxy groups -OCH3 is 1. The highest BCUT2D eigenvalue weighted by Gasteiger charge is 2.16. The summed E-state index contributed by atoms with van der Waals surface area (Å²) in [6.45, 7) is 0.0775. The number of aromatic hydroxyl groups is 1. The average molecular weight is 296 g/mol. The maximum atomic E-state index is 11.6. The third-order valence-corrected chi connectivity index (χ3v) is 2.49. The highest BCUT2D eigenvalue weighted by molar-refractivity contribution is 6.39. The second-order valence-corrected chi connectivity index (χ2v) is 4.01. The number of amides is 2. The number of phenols is 1. The van der Waals surface area contributed by atoms with E-state index in [1.807, 2.05) is 0 Å². The summed E-state index contributed by atoms with van der Waals surface area (Å²) in [5.41, 5.74) is 0.0338. The van der Waals surface area contributed by atoms with Gasteiger partial charge in [-0.3, -0.25) is 9.59 Å². The minimum Gasteiger partial charge on any atom is -0.507 e. The van der Waals surface area contributed by atoms with Gasteiger partial charge in [-0.2, -0.15) is 0 Å². The molecule has 1 aromatic rings. The van der Waals surface area contributed by atoms with Crippen LogP contribution in [0.2, 0.25) is 0 Å². The molecular formula is C13H16N2O6. The van der Waals surface area contributed by atoms with Gasteiger partial charge in [0.1, 0.15) is 11.3 Å². The van der Waals surface area contributed by atoms with Crippen molar-refractivity contribution in [3.05, 3.63) is 23.8 Å². The van der Waals surface area contributed by atoms with E-state index in [4.69, 9.17) is 5.11 Å². The molecule has 2 amide bonds. The van der Waals surface area contributed by atoms with Crippen molar-refractivity contribution in [3.63, 3.8) is 0 Å². The van der Waals surface area contributed by atoms with Gasteiger partial charge in [-0.1, -0.05) is 0 Å². The summed E-state index contributed by atoms with van der Waals surface area (Å²) in [6.07, 6.45) is 0.338. The fourth-order valence-corrected chi connectivity index (χ4v) is 1.44. The van der Waals surface area contributed by atoms with Gasteiger partial charge in [0.2, 0.25) is 0 Å². The van der Waals surface area contributed by atoms with E-state index in [1.54, 1.807) is 0 Å². The fourth-order valence-electron chi connectivity index (χ4n) is 1.44. The molecule has 0 saturated carbocycles. The molecule has 114 valence electrons. The van der Waals surface area contributed by atoms with Crippen molar-refractivity contribution < 1.29 is 29.3 Å². The lowest BCUT2D eigenvalue weighted by molar-refractivity contribution is -0.136. The Morgan fingerprint density at radius 1 is 1.24 bits per heavy atom. The predicted octanol–water partition coefficient (Wildman–Crippen LogP) is -0.384. The Bertz CT molecular complexity index is 543. The number of hydrogen-bond donors (Lipinski definition) is 4. The number of esters is 1. The predicted molar refractivity (Wildman–Crippen MR) is 72.8 cm³/mol. The summed E-state index contributed by atoms with van der Waals surface area (Å²) in [7, 11) is 1.15. The van der Waals surface area contributed by atoms with E-state index in [-0.39, 0.29) is 30.2 Å².